The second kappa shape index (κ2) is 7.99. The Balaban J connectivity index is 0.00000242. The average molecular weight is 343 g/mol. The molecular weight excluding hydrogens is 324 g/mol. The Bertz CT molecular complexity index is 478. The minimum Gasteiger partial charge on any atom is -0.496 e. The zero-order chi connectivity index (χ0) is 15.5. The molecule has 0 amide bonds. The van der Waals surface area contributed by atoms with E-state index in [0.717, 1.165) is 6.07 Å². The van der Waals surface area contributed by atoms with Gasteiger partial charge in [0, 0.05) is 37.8 Å². The van der Waals surface area contributed by atoms with Crippen LogP contribution < -0.4 is 10.1 Å². The highest BCUT2D eigenvalue weighted by Gasteiger charge is 2.37. The number of hydrogen-bond donors (Lipinski definition) is 1. The van der Waals surface area contributed by atoms with Crippen LogP contribution in [0, 0.1) is 5.82 Å². The molecule has 1 N–H and O–H groups in total. The van der Waals surface area contributed by atoms with E-state index in [0.29, 0.717) is 26.2 Å². The lowest BCUT2D eigenvalue weighted by Crippen LogP contribution is -2.46. The molecule has 0 bridgehead atoms. The molecule has 2 rings (SSSR count). The molecule has 1 aromatic rings. The average Bonchev–Trinajstić information content (AvgIpc) is 2.45. The van der Waals surface area contributed by atoms with Crippen molar-refractivity contribution in [2.24, 2.45) is 0 Å². The molecule has 1 aromatic carbocycles. The SMILES string of the molecule is COc1ccc(F)cc1[C@@H](CC(F)(F)F)N1CCNCC1.Cl. The fourth-order valence-electron chi connectivity index (χ4n) is 2.61. The van der Waals surface area contributed by atoms with Gasteiger partial charge in [-0.2, -0.15) is 13.2 Å². The molecular formula is C14H19ClF4N2O. The molecule has 3 nitrogen and oxygen atoms in total. The maximum atomic E-state index is 13.5. The Morgan fingerprint density at radius 1 is 1.27 bits per heavy atom. The molecule has 1 heterocycles. The summed E-state index contributed by atoms with van der Waals surface area (Å²) in [5.74, 6) is -0.280. The Kier molecular flexibility index (Phi) is 6.90. The first-order valence-corrected chi connectivity index (χ1v) is 6.75. The van der Waals surface area contributed by atoms with E-state index in [9.17, 15) is 17.6 Å². The molecule has 1 aliphatic heterocycles. The van der Waals surface area contributed by atoms with Gasteiger partial charge >= 0.3 is 6.18 Å². The molecule has 0 aromatic heterocycles. The summed E-state index contributed by atoms with van der Waals surface area (Å²) in [6.07, 6.45) is -5.35. The van der Waals surface area contributed by atoms with Gasteiger partial charge in [-0.3, -0.25) is 4.90 Å². The zero-order valence-electron chi connectivity index (χ0n) is 12.1. The van der Waals surface area contributed by atoms with Gasteiger partial charge in [0.2, 0.25) is 0 Å². The lowest BCUT2D eigenvalue weighted by atomic mass is 9.99. The molecule has 126 valence electrons. The Labute approximate surface area is 133 Å². The first-order valence-electron chi connectivity index (χ1n) is 6.75. The van der Waals surface area contributed by atoms with Crippen LogP contribution in [0.5, 0.6) is 5.75 Å². The Hall–Kier alpha value is -1.05. The summed E-state index contributed by atoms with van der Waals surface area (Å²) in [6.45, 7) is 2.21. The monoisotopic (exact) mass is 342 g/mol. The van der Waals surface area contributed by atoms with Gasteiger partial charge in [-0.05, 0) is 18.2 Å². The van der Waals surface area contributed by atoms with Crippen molar-refractivity contribution >= 4 is 12.4 Å². The zero-order valence-corrected chi connectivity index (χ0v) is 12.9. The summed E-state index contributed by atoms with van der Waals surface area (Å²) < 4.78 is 57.3. The number of hydrogen-bond acceptors (Lipinski definition) is 3. The molecule has 0 unspecified atom stereocenters. The van der Waals surface area contributed by atoms with Gasteiger partial charge < -0.3 is 10.1 Å². The van der Waals surface area contributed by atoms with Gasteiger partial charge in [0.05, 0.1) is 13.5 Å². The maximum absolute atomic E-state index is 13.5. The lowest BCUT2D eigenvalue weighted by Gasteiger charge is -2.36. The van der Waals surface area contributed by atoms with E-state index in [-0.39, 0.29) is 23.7 Å². The number of alkyl halides is 3. The van der Waals surface area contributed by atoms with Crippen LogP contribution in [0.2, 0.25) is 0 Å². The number of nitrogens with one attached hydrogen (secondary N) is 1. The second-order valence-electron chi connectivity index (χ2n) is 5.01. The minimum atomic E-state index is -4.33. The highest BCUT2D eigenvalue weighted by atomic mass is 35.5. The number of piperazine rings is 1. The highest BCUT2D eigenvalue weighted by Crippen LogP contribution is 2.38. The Morgan fingerprint density at radius 2 is 1.91 bits per heavy atom. The highest BCUT2D eigenvalue weighted by molar-refractivity contribution is 5.85. The third kappa shape index (κ3) is 5.00. The van der Waals surface area contributed by atoms with Gasteiger partial charge in [-0.25, -0.2) is 4.39 Å². The topological polar surface area (TPSA) is 24.5 Å². The maximum Gasteiger partial charge on any atom is 0.390 e. The second-order valence-corrected chi connectivity index (χ2v) is 5.01. The molecule has 1 fully saturated rings. The van der Waals surface area contributed by atoms with Crippen molar-refractivity contribution in [2.75, 3.05) is 33.3 Å². The molecule has 8 heteroatoms. The van der Waals surface area contributed by atoms with Crippen molar-refractivity contribution in [1.82, 2.24) is 10.2 Å². The number of halogens is 5. The van der Waals surface area contributed by atoms with E-state index in [1.165, 1.54) is 19.2 Å². The summed E-state index contributed by atoms with van der Waals surface area (Å²) in [6, 6.07) is 2.76. The summed E-state index contributed by atoms with van der Waals surface area (Å²) in [7, 11) is 1.37. The summed E-state index contributed by atoms with van der Waals surface area (Å²) in [5.41, 5.74) is 0.247. The lowest BCUT2D eigenvalue weighted by molar-refractivity contribution is -0.148. The van der Waals surface area contributed by atoms with Crippen LogP contribution in [-0.2, 0) is 0 Å². The fourth-order valence-corrected chi connectivity index (χ4v) is 2.61. The van der Waals surface area contributed by atoms with Gasteiger partial charge in [-0.15, -0.1) is 12.4 Å². The molecule has 1 saturated heterocycles. The van der Waals surface area contributed by atoms with Crippen molar-refractivity contribution in [2.45, 2.75) is 18.6 Å². The van der Waals surface area contributed by atoms with Gasteiger partial charge in [0.1, 0.15) is 11.6 Å². The van der Waals surface area contributed by atoms with Crippen molar-refractivity contribution in [3.8, 4) is 5.75 Å². The first kappa shape index (κ1) is 19.0. The normalized spacial score (nSPS) is 17.7. The van der Waals surface area contributed by atoms with Crippen LogP contribution >= 0.6 is 12.4 Å². The molecule has 0 saturated carbocycles. The molecule has 22 heavy (non-hydrogen) atoms. The van der Waals surface area contributed by atoms with E-state index in [2.05, 4.69) is 5.32 Å². The summed E-state index contributed by atoms with van der Waals surface area (Å²) >= 11 is 0. The number of methoxy groups -OCH3 is 1. The van der Waals surface area contributed by atoms with Crippen molar-refractivity contribution in [1.29, 1.82) is 0 Å². The fraction of sp³-hybridized carbons (Fsp3) is 0.571. The van der Waals surface area contributed by atoms with E-state index < -0.39 is 24.5 Å². The third-order valence-electron chi connectivity index (χ3n) is 3.57. The van der Waals surface area contributed by atoms with Gasteiger partial charge in [0.25, 0.3) is 0 Å². The minimum absolute atomic E-state index is 0. The predicted molar refractivity (Wildman–Crippen MR) is 78.1 cm³/mol. The van der Waals surface area contributed by atoms with Crippen molar-refractivity contribution < 1.29 is 22.3 Å². The van der Waals surface area contributed by atoms with E-state index in [1.807, 2.05) is 0 Å². The molecule has 0 aliphatic carbocycles. The van der Waals surface area contributed by atoms with E-state index >= 15 is 0 Å². The molecule has 0 radical (unpaired) electrons. The standard InChI is InChI=1S/C14H18F4N2O.ClH/c1-21-13-3-2-10(15)8-11(13)12(9-14(16,17)18)20-6-4-19-5-7-20;/h2-3,8,12,19H,4-7,9H2,1H3;1H/t12-;/m1./s1. The summed E-state index contributed by atoms with van der Waals surface area (Å²) in [5, 5.41) is 3.10. The molecule has 1 aliphatic rings. The predicted octanol–water partition coefficient (Wildman–Crippen LogP) is 3.15. The van der Waals surface area contributed by atoms with Crippen LogP contribution in [0.1, 0.15) is 18.0 Å². The molecule has 0 spiro atoms. The first-order chi connectivity index (χ1) is 9.90. The number of ether oxygens (including phenoxy) is 1. The van der Waals surface area contributed by atoms with Crippen LogP contribution in [0.25, 0.3) is 0 Å². The van der Waals surface area contributed by atoms with E-state index in [1.54, 1.807) is 4.90 Å². The third-order valence-corrected chi connectivity index (χ3v) is 3.57. The van der Waals surface area contributed by atoms with Crippen LogP contribution in [-0.4, -0.2) is 44.4 Å². The van der Waals surface area contributed by atoms with Gasteiger partial charge in [0.15, 0.2) is 0 Å². The number of rotatable bonds is 4. The van der Waals surface area contributed by atoms with Crippen molar-refractivity contribution in [3.05, 3.63) is 29.6 Å². The van der Waals surface area contributed by atoms with Crippen LogP contribution in [0.3, 0.4) is 0 Å². The Morgan fingerprint density at radius 3 is 2.45 bits per heavy atom. The number of benzene rings is 1. The number of nitrogens with zero attached hydrogens (tertiary/aromatic N) is 1. The van der Waals surface area contributed by atoms with Gasteiger partial charge in [-0.1, -0.05) is 0 Å². The van der Waals surface area contributed by atoms with E-state index in [4.69, 9.17) is 4.74 Å². The quantitative estimate of drug-likeness (QED) is 0.851. The van der Waals surface area contributed by atoms with Crippen molar-refractivity contribution in [3.63, 3.8) is 0 Å². The summed E-state index contributed by atoms with van der Waals surface area (Å²) in [4.78, 5) is 1.72. The molecule has 1 atom stereocenters. The smallest absolute Gasteiger partial charge is 0.390 e. The van der Waals surface area contributed by atoms with Crippen LogP contribution in [0.4, 0.5) is 17.6 Å². The van der Waals surface area contributed by atoms with Crippen LogP contribution in [0.15, 0.2) is 18.2 Å². The largest absolute Gasteiger partial charge is 0.496 e.